The standard InChI is InChI=1S/C23H43BOSi/c1-18(2)26(5,6)25-22-14-13-19(3)23(4,17-22)15-16-24-20-9-7-10-21(24)12-8-11-20/h17-21H,7-16H2,1-6H3/t19-,20?,21?,23-/m1/s1. The Bertz CT molecular complexity index is 492. The zero-order valence-corrected chi connectivity index (χ0v) is 19.4. The molecule has 3 aliphatic rings. The average Bonchev–Trinajstić information content (AvgIpc) is 2.55. The minimum absolute atomic E-state index is 0.348. The monoisotopic (exact) mass is 374 g/mol. The van der Waals surface area contributed by atoms with Crippen LogP contribution in [0.25, 0.3) is 0 Å². The van der Waals surface area contributed by atoms with Gasteiger partial charge in [-0.1, -0.05) is 90.6 Å². The van der Waals surface area contributed by atoms with Crippen molar-refractivity contribution in [3.8, 4) is 0 Å². The SMILES string of the molecule is CC(C)[Si](C)(C)OC1=C[C@@](C)(CCB2C3CCCC2CCC3)[C@H](C)CC1. The number of hydrogen-bond donors (Lipinski definition) is 0. The van der Waals surface area contributed by atoms with Crippen molar-refractivity contribution in [2.75, 3.05) is 0 Å². The molecule has 0 N–H and O–H groups in total. The van der Waals surface area contributed by atoms with Gasteiger partial charge in [0.15, 0.2) is 0 Å². The minimum Gasteiger partial charge on any atom is -0.547 e. The minimum atomic E-state index is -1.59. The lowest BCUT2D eigenvalue weighted by Crippen LogP contribution is -2.38. The zero-order chi connectivity index (χ0) is 18.9. The highest BCUT2D eigenvalue weighted by Gasteiger charge is 2.42. The third kappa shape index (κ3) is 4.45. The van der Waals surface area contributed by atoms with E-state index in [4.69, 9.17) is 4.43 Å². The summed E-state index contributed by atoms with van der Waals surface area (Å²) < 4.78 is 6.65. The first-order valence-corrected chi connectivity index (χ1v) is 14.6. The summed E-state index contributed by atoms with van der Waals surface area (Å²) in [5.41, 5.74) is 1.02. The van der Waals surface area contributed by atoms with Gasteiger partial charge in [-0.3, -0.25) is 0 Å². The van der Waals surface area contributed by atoms with Crippen LogP contribution in [0.1, 0.15) is 85.5 Å². The fourth-order valence-corrected chi connectivity index (χ4v) is 6.96. The third-order valence-electron chi connectivity index (χ3n) is 8.75. The number of allylic oxidation sites excluding steroid dienone is 2. The summed E-state index contributed by atoms with van der Waals surface area (Å²) in [7, 11) is -1.59. The molecule has 2 saturated heterocycles. The van der Waals surface area contributed by atoms with Gasteiger partial charge in [0.1, 0.15) is 6.71 Å². The van der Waals surface area contributed by atoms with Crippen LogP contribution in [0.5, 0.6) is 0 Å². The molecule has 1 nitrogen and oxygen atoms in total. The van der Waals surface area contributed by atoms with Crippen LogP contribution in [-0.4, -0.2) is 15.0 Å². The fourth-order valence-electron chi connectivity index (χ4n) is 5.89. The smallest absolute Gasteiger partial charge is 0.247 e. The summed E-state index contributed by atoms with van der Waals surface area (Å²) in [5, 5.41) is 0. The number of hydrogen-bond acceptors (Lipinski definition) is 1. The topological polar surface area (TPSA) is 9.23 Å². The van der Waals surface area contributed by atoms with Crippen LogP contribution < -0.4 is 0 Å². The normalized spacial score (nSPS) is 35.4. The predicted octanol–water partition coefficient (Wildman–Crippen LogP) is 7.93. The van der Waals surface area contributed by atoms with Gasteiger partial charge >= 0.3 is 0 Å². The Morgan fingerprint density at radius 2 is 1.69 bits per heavy atom. The maximum atomic E-state index is 6.65. The molecule has 26 heavy (non-hydrogen) atoms. The second kappa shape index (κ2) is 8.05. The Labute approximate surface area is 165 Å². The molecular formula is C23H43BOSi. The van der Waals surface area contributed by atoms with Crippen LogP contribution in [-0.2, 0) is 4.43 Å². The lowest BCUT2D eigenvalue weighted by Gasteiger charge is -2.44. The van der Waals surface area contributed by atoms with Crippen molar-refractivity contribution in [1.82, 2.24) is 0 Å². The molecule has 2 aliphatic heterocycles. The maximum absolute atomic E-state index is 6.65. The van der Waals surface area contributed by atoms with Crippen molar-refractivity contribution in [1.29, 1.82) is 0 Å². The molecule has 0 aromatic carbocycles. The molecule has 3 heteroatoms. The van der Waals surface area contributed by atoms with Crippen LogP contribution >= 0.6 is 0 Å². The summed E-state index contributed by atoms with van der Waals surface area (Å²) >= 11 is 0. The highest BCUT2D eigenvalue weighted by Crippen LogP contribution is 2.51. The van der Waals surface area contributed by atoms with Crippen molar-refractivity contribution in [3.05, 3.63) is 11.8 Å². The van der Waals surface area contributed by atoms with E-state index in [1.54, 1.807) is 0 Å². The molecule has 0 saturated carbocycles. The van der Waals surface area contributed by atoms with Crippen LogP contribution in [0.2, 0.25) is 36.6 Å². The van der Waals surface area contributed by atoms with Crippen molar-refractivity contribution >= 4 is 15.0 Å². The molecule has 2 fully saturated rings. The van der Waals surface area contributed by atoms with Gasteiger partial charge in [0.05, 0.1) is 5.76 Å². The van der Waals surface area contributed by atoms with Gasteiger partial charge in [-0.25, -0.2) is 0 Å². The van der Waals surface area contributed by atoms with Crippen molar-refractivity contribution in [3.63, 3.8) is 0 Å². The van der Waals surface area contributed by atoms with Crippen LogP contribution in [0.3, 0.4) is 0 Å². The highest BCUT2D eigenvalue weighted by atomic mass is 28.4. The molecule has 3 rings (SSSR count). The first-order valence-electron chi connectivity index (χ1n) is 11.6. The molecule has 0 amide bonds. The first kappa shape index (κ1) is 20.6. The number of rotatable bonds is 6. The Morgan fingerprint density at radius 3 is 2.23 bits per heavy atom. The Morgan fingerprint density at radius 1 is 1.12 bits per heavy atom. The van der Waals surface area contributed by atoms with Gasteiger partial charge in [0.2, 0.25) is 8.32 Å². The van der Waals surface area contributed by atoms with E-state index in [-0.39, 0.29) is 0 Å². The lowest BCUT2D eigenvalue weighted by atomic mass is 9.25. The van der Waals surface area contributed by atoms with E-state index in [1.165, 1.54) is 63.4 Å². The molecule has 148 valence electrons. The summed E-state index contributed by atoms with van der Waals surface area (Å²) in [6.07, 6.45) is 17.0. The molecule has 0 aromatic rings. The van der Waals surface area contributed by atoms with E-state index in [1.807, 2.05) is 0 Å². The molecule has 1 aliphatic carbocycles. The zero-order valence-electron chi connectivity index (χ0n) is 18.4. The van der Waals surface area contributed by atoms with E-state index < -0.39 is 8.32 Å². The van der Waals surface area contributed by atoms with Gasteiger partial charge in [0, 0.05) is 6.42 Å². The van der Waals surface area contributed by atoms with E-state index >= 15 is 0 Å². The average molecular weight is 374 g/mol. The molecule has 2 heterocycles. The molecule has 2 bridgehead atoms. The second-order valence-corrected chi connectivity index (χ2v) is 15.6. The first-order chi connectivity index (χ1) is 12.2. The van der Waals surface area contributed by atoms with Gasteiger partial charge in [-0.05, 0) is 42.5 Å². The van der Waals surface area contributed by atoms with Gasteiger partial charge < -0.3 is 4.43 Å². The molecule has 2 atom stereocenters. The summed E-state index contributed by atoms with van der Waals surface area (Å²) in [6.45, 7) is 15.5. The largest absolute Gasteiger partial charge is 0.547 e. The van der Waals surface area contributed by atoms with E-state index in [0.29, 0.717) is 11.0 Å². The predicted molar refractivity (Wildman–Crippen MR) is 119 cm³/mol. The van der Waals surface area contributed by atoms with E-state index in [2.05, 4.69) is 46.9 Å². The fraction of sp³-hybridized carbons (Fsp3) is 0.913. The molecular weight excluding hydrogens is 331 g/mol. The summed E-state index contributed by atoms with van der Waals surface area (Å²) in [5.74, 6) is 4.23. The third-order valence-corrected chi connectivity index (χ3v) is 12.3. The van der Waals surface area contributed by atoms with Gasteiger partial charge in [0.25, 0.3) is 0 Å². The Kier molecular flexibility index (Phi) is 6.37. The van der Waals surface area contributed by atoms with Crippen LogP contribution in [0.15, 0.2) is 11.8 Å². The van der Waals surface area contributed by atoms with Crippen LogP contribution in [0.4, 0.5) is 0 Å². The maximum Gasteiger partial charge on any atom is 0.247 e. The molecule has 0 spiro atoms. The molecule has 0 aromatic heterocycles. The van der Waals surface area contributed by atoms with Gasteiger partial charge in [-0.15, -0.1) is 0 Å². The van der Waals surface area contributed by atoms with E-state index in [0.717, 1.165) is 30.7 Å². The Balaban J connectivity index is 1.67. The number of fused-ring (bicyclic) bond motifs is 2. The lowest BCUT2D eigenvalue weighted by molar-refractivity contribution is 0.205. The highest BCUT2D eigenvalue weighted by molar-refractivity contribution is 6.72. The second-order valence-electron chi connectivity index (χ2n) is 11.0. The van der Waals surface area contributed by atoms with Crippen molar-refractivity contribution in [2.45, 2.75) is 122 Å². The summed E-state index contributed by atoms with van der Waals surface area (Å²) in [6, 6.07) is 0. The van der Waals surface area contributed by atoms with Crippen molar-refractivity contribution in [2.24, 2.45) is 11.3 Å². The molecule has 0 radical (unpaired) electrons. The van der Waals surface area contributed by atoms with Crippen molar-refractivity contribution < 1.29 is 4.43 Å². The molecule has 0 unspecified atom stereocenters. The van der Waals surface area contributed by atoms with Crippen LogP contribution in [0, 0.1) is 11.3 Å². The quantitative estimate of drug-likeness (QED) is 0.429. The Hall–Kier alpha value is -0.178. The summed E-state index contributed by atoms with van der Waals surface area (Å²) in [4.78, 5) is 0. The van der Waals surface area contributed by atoms with E-state index in [9.17, 15) is 0 Å². The van der Waals surface area contributed by atoms with Gasteiger partial charge in [-0.2, -0.15) is 0 Å².